The molecule has 1 atom stereocenters. The number of hydrogen-bond acceptors (Lipinski definition) is 7. The standard InChI is InChI=1S/C11H19N5O2S2/c1-5-12-9(18)14-8(17)7(4)19-11-16-15-10(20-11)13-6(2)3/h6-7H,5H2,1-4H3,(H,13,15)(H2,12,14,17,18). The molecule has 0 saturated carbocycles. The minimum absolute atomic E-state index is 0.277. The lowest BCUT2D eigenvalue weighted by molar-refractivity contribution is -0.119. The van der Waals surface area contributed by atoms with Crippen LogP contribution in [-0.2, 0) is 4.79 Å². The molecule has 1 heterocycles. The molecule has 0 radical (unpaired) electrons. The SMILES string of the molecule is CCNC(=O)NC(=O)C(C)Sc1nnc(NC(C)C)s1. The van der Waals surface area contributed by atoms with Gasteiger partial charge in [-0.25, -0.2) is 4.79 Å². The molecule has 3 amide bonds. The smallest absolute Gasteiger partial charge is 0.321 e. The molecule has 1 rings (SSSR count). The maximum Gasteiger partial charge on any atom is 0.321 e. The fourth-order valence-electron chi connectivity index (χ4n) is 1.19. The Morgan fingerprint density at radius 3 is 2.60 bits per heavy atom. The minimum atomic E-state index is -0.482. The van der Waals surface area contributed by atoms with Gasteiger partial charge >= 0.3 is 6.03 Å². The Labute approximate surface area is 126 Å². The molecule has 7 nitrogen and oxygen atoms in total. The Bertz CT molecular complexity index is 463. The molecule has 9 heteroatoms. The average molecular weight is 317 g/mol. The van der Waals surface area contributed by atoms with Crippen molar-refractivity contribution in [3.8, 4) is 0 Å². The average Bonchev–Trinajstić information content (AvgIpc) is 2.75. The topological polar surface area (TPSA) is 96.0 Å². The van der Waals surface area contributed by atoms with E-state index in [9.17, 15) is 9.59 Å². The first-order chi connectivity index (χ1) is 9.42. The molecular weight excluding hydrogens is 298 g/mol. The highest BCUT2D eigenvalue weighted by Gasteiger charge is 2.19. The summed E-state index contributed by atoms with van der Waals surface area (Å²) < 4.78 is 0.687. The van der Waals surface area contributed by atoms with Gasteiger partial charge in [0, 0.05) is 12.6 Å². The summed E-state index contributed by atoms with van der Waals surface area (Å²) in [6, 6.07) is -0.205. The van der Waals surface area contributed by atoms with Gasteiger partial charge in [0.1, 0.15) is 0 Å². The minimum Gasteiger partial charge on any atom is -0.358 e. The molecule has 0 bridgehead atoms. The van der Waals surface area contributed by atoms with E-state index in [0.717, 1.165) is 5.13 Å². The van der Waals surface area contributed by atoms with Crippen molar-refractivity contribution in [1.29, 1.82) is 0 Å². The molecule has 0 spiro atoms. The summed E-state index contributed by atoms with van der Waals surface area (Å²) in [6.07, 6.45) is 0. The van der Waals surface area contributed by atoms with Crippen LogP contribution in [0.3, 0.4) is 0 Å². The molecule has 112 valence electrons. The third-order valence-electron chi connectivity index (χ3n) is 2.04. The second kappa shape index (κ2) is 8.05. The third kappa shape index (κ3) is 5.74. The molecule has 3 N–H and O–H groups in total. The summed E-state index contributed by atoms with van der Waals surface area (Å²) in [4.78, 5) is 23.0. The molecule has 1 aromatic heterocycles. The van der Waals surface area contributed by atoms with Gasteiger partial charge in [0.2, 0.25) is 11.0 Å². The molecule has 20 heavy (non-hydrogen) atoms. The van der Waals surface area contributed by atoms with Crippen molar-refractivity contribution in [2.75, 3.05) is 11.9 Å². The van der Waals surface area contributed by atoms with E-state index in [2.05, 4.69) is 26.1 Å². The molecule has 0 fully saturated rings. The van der Waals surface area contributed by atoms with E-state index in [4.69, 9.17) is 0 Å². The van der Waals surface area contributed by atoms with Gasteiger partial charge in [-0.05, 0) is 27.7 Å². The lowest BCUT2D eigenvalue weighted by Gasteiger charge is -2.09. The monoisotopic (exact) mass is 317 g/mol. The Balaban J connectivity index is 2.48. The molecular formula is C11H19N5O2S2. The van der Waals surface area contributed by atoms with Crippen LogP contribution in [0.1, 0.15) is 27.7 Å². The first-order valence-electron chi connectivity index (χ1n) is 6.27. The largest absolute Gasteiger partial charge is 0.358 e. The highest BCUT2D eigenvalue weighted by atomic mass is 32.2. The van der Waals surface area contributed by atoms with Crippen molar-refractivity contribution in [2.24, 2.45) is 0 Å². The number of rotatable bonds is 6. The summed E-state index contributed by atoms with van der Waals surface area (Å²) in [5, 5.41) is 16.2. The van der Waals surface area contributed by atoms with Gasteiger partial charge in [-0.2, -0.15) is 0 Å². The van der Waals surface area contributed by atoms with E-state index in [1.165, 1.54) is 23.1 Å². The van der Waals surface area contributed by atoms with Gasteiger partial charge < -0.3 is 10.6 Å². The number of nitrogens with zero attached hydrogens (tertiary/aromatic N) is 2. The van der Waals surface area contributed by atoms with Crippen LogP contribution in [0.15, 0.2) is 4.34 Å². The quantitative estimate of drug-likeness (QED) is 0.691. The molecule has 1 aromatic rings. The molecule has 1 unspecified atom stereocenters. The molecule has 0 saturated heterocycles. The lowest BCUT2D eigenvalue weighted by Crippen LogP contribution is -2.42. The predicted molar refractivity (Wildman–Crippen MR) is 81.2 cm³/mol. The fraction of sp³-hybridized carbons (Fsp3) is 0.636. The Kier molecular flexibility index (Phi) is 6.73. The van der Waals surface area contributed by atoms with Gasteiger partial charge in [-0.3, -0.25) is 10.1 Å². The highest BCUT2D eigenvalue weighted by Crippen LogP contribution is 2.29. The number of thioether (sulfide) groups is 1. The van der Waals surface area contributed by atoms with E-state index in [1.807, 2.05) is 13.8 Å². The Morgan fingerprint density at radius 2 is 2.00 bits per heavy atom. The summed E-state index contributed by atoms with van der Waals surface area (Å²) >= 11 is 2.66. The predicted octanol–water partition coefficient (Wildman–Crippen LogP) is 1.68. The van der Waals surface area contributed by atoms with Crippen LogP contribution >= 0.6 is 23.1 Å². The van der Waals surface area contributed by atoms with Crippen molar-refractivity contribution in [3.05, 3.63) is 0 Å². The van der Waals surface area contributed by atoms with Gasteiger partial charge in [-0.1, -0.05) is 23.1 Å². The third-order valence-corrected chi connectivity index (χ3v) is 4.08. The first kappa shape index (κ1) is 16.7. The molecule has 0 aliphatic carbocycles. The van der Waals surface area contributed by atoms with Crippen molar-refractivity contribution in [3.63, 3.8) is 0 Å². The second-order valence-corrected chi connectivity index (χ2v) is 6.85. The molecule has 0 aliphatic heterocycles. The maximum absolute atomic E-state index is 11.8. The van der Waals surface area contributed by atoms with Crippen molar-refractivity contribution in [1.82, 2.24) is 20.8 Å². The molecule has 0 aromatic carbocycles. The number of hydrogen-bond donors (Lipinski definition) is 3. The number of anilines is 1. The first-order valence-corrected chi connectivity index (χ1v) is 7.97. The van der Waals surface area contributed by atoms with Crippen LogP contribution < -0.4 is 16.0 Å². The van der Waals surface area contributed by atoms with Crippen molar-refractivity contribution in [2.45, 2.75) is 43.3 Å². The number of amides is 3. The van der Waals surface area contributed by atoms with Crippen LogP contribution in [0, 0.1) is 0 Å². The van der Waals surface area contributed by atoms with Crippen LogP contribution in [-0.4, -0.2) is 40.0 Å². The van der Waals surface area contributed by atoms with Gasteiger partial charge in [0.05, 0.1) is 5.25 Å². The zero-order valence-electron chi connectivity index (χ0n) is 11.9. The van der Waals surface area contributed by atoms with Crippen LogP contribution in [0.5, 0.6) is 0 Å². The number of imide groups is 1. The highest BCUT2D eigenvalue weighted by molar-refractivity contribution is 8.02. The van der Waals surface area contributed by atoms with E-state index in [1.54, 1.807) is 13.8 Å². The zero-order chi connectivity index (χ0) is 15.1. The summed E-state index contributed by atoms with van der Waals surface area (Å²) in [6.45, 7) is 8.00. The van der Waals surface area contributed by atoms with Crippen LogP contribution in [0.25, 0.3) is 0 Å². The maximum atomic E-state index is 11.8. The van der Waals surface area contributed by atoms with Gasteiger partial charge in [-0.15, -0.1) is 10.2 Å². The molecule has 0 aliphatic rings. The number of carbonyl (C=O) groups excluding carboxylic acids is 2. The van der Waals surface area contributed by atoms with Crippen molar-refractivity contribution < 1.29 is 9.59 Å². The zero-order valence-corrected chi connectivity index (χ0v) is 13.5. The van der Waals surface area contributed by atoms with Crippen LogP contribution in [0.2, 0.25) is 0 Å². The van der Waals surface area contributed by atoms with E-state index < -0.39 is 11.3 Å². The van der Waals surface area contributed by atoms with E-state index in [-0.39, 0.29) is 11.9 Å². The fourth-order valence-corrected chi connectivity index (χ4v) is 3.23. The van der Waals surface area contributed by atoms with Crippen LogP contribution in [0.4, 0.5) is 9.93 Å². The van der Waals surface area contributed by atoms with E-state index >= 15 is 0 Å². The van der Waals surface area contributed by atoms with E-state index in [0.29, 0.717) is 10.9 Å². The normalized spacial score (nSPS) is 12.1. The summed E-state index contributed by atoms with van der Waals surface area (Å²) in [7, 11) is 0. The Morgan fingerprint density at radius 1 is 1.30 bits per heavy atom. The van der Waals surface area contributed by atoms with Crippen molar-refractivity contribution >= 4 is 40.2 Å². The lowest BCUT2D eigenvalue weighted by atomic mass is 10.4. The Hall–Kier alpha value is -1.35. The second-order valence-electron chi connectivity index (χ2n) is 4.28. The summed E-state index contributed by atoms with van der Waals surface area (Å²) in [5.74, 6) is -0.352. The number of carbonyl (C=O) groups is 2. The number of nitrogens with one attached hydrogen (secondary N) is 3. The number of urea groups is 1. The number of aromatic nitrogens is 2. The van der Waals surface area contributed by atoms with Gasteiger partial charge in [0.15, 0.2) is 4.34 Å². The summed E-state index contributed by atoms with van der Waals surface area (Å²) in [5.41, 5.74) is 0. The van der Waals surface area contributed by atoms with Gasteiger partial charge in [0.25, 0.3) is 0 Å².